The average molecular weight is 535 g/mol. The molecule has 38 heavy (non-hydrogen) atoms. The molecule has 0 bridgehead atoms. The molecule has 0 spiro atoms. The molecule has 0 radical (unpaired) electrons. The van der Waals surface area contributed by atoms with Gasteiger partial charge in [0.25, 0.3) is 24.1 Å². The molecule has 10 nitrogen and oxygen atoms in total. The van der Waals surface area contributed by atoms with Gasteiger partial charge in [-0.1, -0.05) is 30.3 Å². The first-order chi connectivity index (χ1) is 18.3. The number of nitrogens with zero attached hydrogens (tertiary/aromatic N) is 2. The summed E-state index contributed by atoms with van der Waals surface area (Å²) >= 11 is 0. The highest BCUT2D eigenvalue weighted by molar-refractivity contribution is 6.10. The fourth-order valence-corrected chi connectivity index (χ4v) is 4.16. The van der Waals surface area contributed by atoms with Crippen molar-refractivity contribution in [3.8, 4) is 16.9 Å². The number of ether oxygens (including phenoxy) is 2. The van der Waals surface area contributed by atoms with E-state index >= 15 is 0 Å². The second-order valence-electron chi connectivity index (χ2n) is 8.57. The Hall–Kier alpha value is -3.61. The minimum atomic E-state index is -3.04. The van der Waals surface area contributed by atoms with Gasteiger partial charge in [-0.3, -0.25) is 24.5 Å². The largest absolute Gasteiger partial charge is 0.494 e. The number of hydroxylamine groups is 1. The lowest BCUT2D eigenvalue weighted by atomic mass is 9.98. The van der Waals surface area contributed by atoms with Crippen LogP contribution in [0.1, 0.15) is 16.8 Å². The summed E-state index contributed by atoms with van der Waals surface area (Å²) in [6, 6.07) is 11.2. The summed E-state index contributed by atoms with van der Waals surface area (Å²) in [6.45, 7) is 3.56. The minimum Gasteiger partial charge on any atom is -0.494 e. The third kappa shape index (κ3) is 7.70. The Morgan fingerprint density at radius 3 is 2.39 bits per heavy atom. The Bertz CT molecular complexity index is 1060. The van der Waals surface area contributed by atoms with E-state index in [4.69, 9.17) is 14.7 Å². The molecule has 1 unspecified atom stereocenters. The zero-order chi connectivity index (χ0) is 27.5. The van der Waals surface area contributed by atoms with Gasteiger partial charge in [-0.2, -0.15) is 0 Å². The predicted octanol–water partition coefficient (Wildman–Crippen LogP) is 1.78. The highest BCUT2D eigenvalue weighted by Crippen LogP contribution is 2.28. The summed E-state index contributed by atoms with van der Waals surface area (Å²) in [4.78, 5) is 40.7. The number of carbonyl (C=O) groups excluding carboxylic acids is 3. The summed E-state index contributed by atoms with van der Waals surface area (Å²) in [5.74, 6) is -2.68. The molecule has 12 heteroatoms. The zero-order valence-corrected chi connectivity index (χ0v) is 21.1. The number of amides is 3. The van der Waals surface area contributed by atoms with Crippen LogP contribution in [0, 0.1) is 0 Å². The number of nitrogens with one attached hydrogen (secondary N) is 2. The number of rotatable bonds is 12. The molecule has 3 amide bonds. The van der Waals surface area contributed by atoms with E-state index in [9.17, 15) is 23.2 Å². The number of alkyl halides is 2. The molecule has 1 fully saturated rings. The van der Waals surface area contributed by atoms with Crippen molar-refractivity contribution in [3.63, 3.8) is 0 Å². The smallest absolute Gasteiger partial charge is 0.275 e. The van der Waals surface area contributed by atoms with E-state index in [2.05, 4.69) is 10.2 Å². The lowest BCUT2D eigenvalue weighted by Gasteiger charge is -2.29. The SMILES string of the molecule is CNC(=O)C(C(=O)NO)N(CC(F)F)C(=O)c1ccccc1-c1ccc(OCCCN2CCOCC2)cc1. The molecule has 1 aliphatic heterocycles. The van der Waals surface area contributed by atoms with Crippen LogP contribution in [0.4, 0.5) is 8.78 Å². The fourth-order valence-electron chi connectivity index (χ4n) is 4.16. The monoisotopic (exact) mass is 534 g/mol. The maximum Gasteiger partial charge on any atom is 0.275 e. The number of hydrogen-bond donors (Lipinski definition) is 3. The minimum absolute atomic E-state index is 0.00646. The Balaban J connectivity index is 1.76. The summed E-state index contributed by atoms with van der Waals surface area (Å²) in [5.41, 5.74) is 2.30. The zero-order valence-electron chi connectivity index (χ0n) is 21.1. The molecule has 0 saturated carbocycles. The normalized spacial score (nSPS) is 14.6. The maximum atomic E-state index is 13.4. The van der Waals surface area contributed by atoms with Gasteiger partial charge in [0.2, 0.25) is 0 Å². The van der Waals surface area contributed by atoms with Crippen molar-refractivity contribution >= 4 is 17.7 Å². The van der Waals surface area contributed by atoms with Gasteiger partial charge < -0.3 is 19.7 Å². The van der Waals surface area contributed by atoms with E-state index < -0.39 is 36.7 Å². The van der Waals surface area contributed by atoms with Gasteiger partial charge in [0, 0.05) is 32.2 Å². The standard InChI is InChI=1S/C26H32F2N4O6/c1-29-24(33)23(25(34)30-36)32(17-22(27)28)26(35)21-6-3-2-5-20(21)18-7-9-19(10-8-18)38-14-4-11-31-12-15-37-16-13-31/h2-3,5-10,22-23,36H,4,11-17H2,1H3,(H,29,33)(H,30,34). The van der Waals surface area contributed by atoms with Crippen LogP contribution in [0.2, 0.25) is 0 Å². The molecule has 1 saturated heterocycles. The second kappa shape index (κ2) is 14.4. The Kier molecular flexibility index (Phi) is 10.9. The highest BCUT2D eigenvalue weighted by Gasteiger charge is 2.38. The van der Waals surface area contributed by atoms with Crippen molar-refractivity contribution in [2.75, 3.05) is 53.0 Å². The lowest BCUT2D eigenvalue weighted by Crippen LogP contribution is -2.57. The Labute approximate surface area is 219 Å². The molecule has 1 heterocycles. The van der Waals surface area contributed by atoms with Crippen LogP contribution in [0.3, 0.4) is 0 Å². The van der Waals surface area contributed by atoms with E-state index in [1.54, 1.807) is 42.5 Å². The molecular formula is C26H32F2N4O6. The fraction of sp³-hybridized carbons (Fsp3) is 0.423. The first kappa shape index (κ1) is 29.0. The maximum absolute atomic E-state index is 13.4. The Morgan fingerprint density at radius 2 is 1.76 bits per heavy atom. The van der Waals surface area contributed by atoms with E-state index in [1.807, 2.05) is 0 Å². The van der Waals surface area contributed by atoms with Crippen LogP contribution in [0.25, 0.3) is 11.1 Å². The molecule has 206 valence electrons. The van der Waals surface area contributed by atoms with Crippen molar-refractivity contribution in [3.05, 3.63) is 54.1 Å². The van der Waals surface area contributed by atoms with Gasteiger partial charge in [0.05, 0.1) is 26.4 Å². The first-order valence-electron chi connectivity index (χ1n) is 12.2. The molecule has 0 aromatic heterocycles. The third-order valence-corrected chi connectivity index (χ3v) is 6.07. The summed E-state index contributed by atoms with van der Waals surface area (Å²) in [5, 5.41) is 11.2. The number of halogens is 2. The van der Waals surface area contributed by atoms with Crippen molar-refractivity contribution in [2.45, 2.75) is 18.9 Å². The van der Waals surface area contributed by atoms with E-state index in [1.165, 1.54) is 18.6 Å². The summed E-state index contributed by atoms with van der Waals surface area (Å²) < 4.78 is 38.0. The highest BCUT2D eigenvalue weighted by atomic mass is 19.3. The van der Waals surface area contributed by atoms with Crippen molar-refractivity contribution < 1.29 is 37.8 Å². The van der Waals surface area contributed by atoms with Crippen LogP contribution in [0.15, 0.2) is 48.5 Å². The van der Waals surface area contributed by atoms with E-state index in [0.29, 0.717) is 28.4 Å². The van der Waals surface area contributed by atoms with E-state index in [-0.39, 0.29) is 5.56 Å². The number of carbonyl (C=O) groups is 3. The molecule has 2 aromatic rings. The van der Waals surface area contributed by atoms with Gasteiger partial charge >= 0.3 is 0 Å². The summed E-state index contributed by atoms with van der Waals surface area (Å²) in [6.07, 6.45) is -2.18. The van der Waals surface area contributed by atoms with Crippen molar-refractivity contribution in [1.82, 2.24) is 20.6 Å². The number of morpholine rings is 1. The number of likely N-dealkylation sites (N-methyl/N-ethyl adjacent to an activating group) is 1. The van der Waals surface area contributed by atoms with Crippen molar-refractivity contribution in [2.24, 2.45) is 0 Å². The van der Waals surface area contributed by atoms with Crippen LogP contribution >= 0.6 is 0 Å². The predicted molar refractivity (Wildman–Crippen MR) is 134 cm³/mol. The molecule has 1 atom stereocenters. The molecule has 3 rings (SSSR count). The molecular weight excluding hydrogens is 502 g/mol. The number of benzene rings is 2. The van der Waals surface area contributed by atoms with E-state index in [0.717, 1.165) is 39.3 Å². The molecule has 2 aromatic carbocycles. The number of hydrogen-bond acceptors (Lipinski definition) is 7. The lowest BCUT2D eigenvalue weighted by molar-refractivity contribution is -0.141. The Morgan fingerprint density at radius 1 is 1.08 bits per heavy atom. The molecule has 1 aliphatic rings. The topological polar surface area (TPSA) is 120 Å². The van der Waals surface area contributed by atoms with Gasteiger partial charge in [-0.15, -0.1) is 0 Å². The van der Waals surface area contributed by atoms with Crippen LogP contribution in [-0.2, 0) is 14.3 Å². The van der Waals surface area contributed by atoms with Crippen molar-refractivity contribution in [1.29, 1.82) is 0 Å². The second-order valence-corrected chi connectivity index (χ2v) is 8.57. The first-order valence-corrected chi connectivity index (χ1v) is 12.2. The average Bonchev–Trinajstić information content (AvgIpc) is 2.95. The van der Waals surface area contributed by atoms with Crippen LogP contribution in [0.5, 0.6) is 5.75 Å². The quantitative estimate of drug-likeness (QED) is 0.164. The van der Waals surface area contributed by atoms with Gasteiger partial charge in [-0.05, 0) is 35.7 Å². The van der Waals surface area contributed by atoms with Gasteiger partial charge in [0.15, 0.2) is 6.04 Å². The third-order valence-electron chi connectivity index (χ3n) is 6.07. The molecule has 0 aliphatic carbocycles. The van der Waals surface area contributed by atoms with Crippen LogP contribution < -0.4 is 15.5 Å². The van der Waals surface area contributed by atoms with Gasteiger partial charge in [0.1, 0.15) is 5.75 Å². The van der Waals surface area contributed by atoms with Gasteiger partial charge in [-0.25, -0.2) is 14.3 Å². The summed E-state index contributed by atoms with van der Waals surface area (Å²) in [7, 11) is 1.19. The molecule has 3 N–H and O–H groups in total. The van der Waals surface area contributed by atoms with Crippen LogP contribution in [-0.4, -0.2) is 98.2 Å².